The van der Waals surface area contributed by atoms with Crippen LogP contribution in [0.25, 0.3) is 0 Å². The van der Waals surface area contributed by atoms with E-state index in [0.29, 0.717) is 22.2 Å². The summed E-state index contributed by atoms with van der Waals surface area (Å²) in [6, 6.07) is 8.00. The fourth-order valence-electron chi connectivity index (χ4n) is 2.48. The highest BCUT2D eigenvalue weighted by Crippen LogP contribution is 2.31. The lowest BCUT2D eigenvalue weighted by Gasteiger charge is -2.13. The molecule has 3 rings (SSSR count). The monoisotopic (exact) mass is 329 g/mol. The van der Waals surface area contributed by atoms with Crippen molar-refractivity contribution in [2.45, 2.75) is 24.5 Å². The Kier molecular flexibility index (Phi) is 4.29. The highest BCUT2D eigenvalue weighted by atomic mass is 32.2. The fraction of sp³-hybridized carbons (Fsp3) is 0.250. The largest absolute Gasteiger partial charge is 0.326 e. The second-order valence-corrected chi connectivity index (χ2v) is 6.28. The lowest BCUT2D eigenvalue weighted by atomic mass is 10.1. The number of benzene rings is 1. The van der Waals surface area contributed by atoms with E-state index >= 15 is 0 Å². The maximum atomic E-state index is 12.2. The molecule has 2 aromatic rings. The molecule has 118 valence electrons. The van der Waals surface area contributed by atoms with Crippen molar-refractivity contribution in [2.24, 2.45) is 0 Å². The van der Waals surface area contributed by atoms with Crippen LogP contribution in [0.5, 0.6) is 0 Å². The molecule has 1 aliphatic heterocycles. The third-order valence-corrected chi connectivity index (χ3v) is 4.70. The summed E-state index contributed by atoms with van der Waals surface area (Å²) in [4.78, 5) is 39.7. The Labute approximate surface area is 136 Å². The van der Waals surface area contributed by atoms with Gasteiger partial charge in [0.05, 0.1) is 6.04 Å². The summed E-state index contributed by atoms with van der Waals surface area (Å²) < 4.78 is 1.57. The topological polar surface area (TPSA) is 81.1 Å². The molecule has 23 heavy (non-hydrogen) atoms. The van der Waals surface area contributed by atoms with Crippen LogP contribution in [0, 0.1) is 0 Å². The molecule has 0 radical (unpaired) electrons. The number of anilines is 1. The van der Waals surface area contributed by atoms with E-state index in [4.69, 9.17) is 0 Å². The highest BCUT2D eigenvalue weighted by molar-refractivity contribution is 7.99. The molecule has 2 heterocycles. The minimum atomic E-state index is -0.202. The molecule has 1 aromatic heterocycles. The quantitative estimate of drug-likeness (QED) is 0.686. The van der Waals surface area contributed by atoms with Gasteiger partial charge in [0, 0.05) is 35.7 Å². The molecule has 1 amide bonds. The number of carbonyl (C=O) groups excluding carboxylic acids is 2. The second kappa shape index (κ2) is 6.37. The zero-order chi connectivity index (χ0) is 16.4. The Balaban J connectivity index is 1.71. The molecule has 0 unspecified atom stereocenters. The number of ketones is 1. The standard InChI is InChI=1S/C16H15N3O3S/c1-10(20)11-3-2-4-12(7-11)18-14(21)8-13-9-23-16-17-6-5-15(22)19(13)16/h2-7,13H,8-9H2,1H3,(H,18,21)/t13-/m0/s1. The molecule has 0 saturated heterocycles. The Morgan fingerprint density at radius 3 is 3.00 bits per heavy atom. The SMILES string of the molecule is CC(=O)c1cccc(NC(=O)C[C@H]2CSc3nccc(=O)n32)c1. The van der Waals surface area contributed by atoms with Crippen molar-refractivity contribution >= 4 is 29.1 Å². The van der Waals surface area contributed by atoms with Gasteiger partial charge >= 0.3 is 0 Å². The zero-order valence-electron chi connectivity index (χ0n) is 12.5. The van der Waals surface area contributed by atoms with Crippen LogP contribution in [-0.4, -0.2) is 27.0 Å². The molecule has 7 heteroatoms. The number of carbonyl (C=O) groups is 2. The Hall–Kier alpha value is -2.41. The summed E-state index contributed by atoms with van der Waals surface area (Å²) in [6.07, 6.45) is 1.67. The van der Waals surface area contributed by atoms with Gasteiger partial charge in [0.25, 0.3) is 5.56 Å². The van der Waals surface area contributed by atoms with E-state index in [1.807, 2.05) is 0 Å². The van der Waals surface area contributed by atoms with E-state index in [0.717, 1.165) is 0 Å². The first-order valence-electron chi connectivity index (χ1n) is 7.16. The van der Waals surface area contributed by atoms with Crippen LogP contribution in [0.1, 0.15) is 29.7 Å². The van der Waals surface area contributed by atoms with Crippen molar-refractivity contribution < 1.29 is 9.59 Å². The first-order chi connectivity index (χ1) is 11.0. The normalized spacial score (nSPS) is 16.0. The van der Waals surface area contributed by atoms with Gasteiger partial charge in [0.2, 0.25) is 5.91 Å². The average Bonchev–Trinajstić information content (AvgIpc) is 2.91. The van der Waals surface area contributed by atoms with Crippen LogP contribution in [0.15, 0.2) is 46.5 Å². The lowest BCUT2D eigenvalue weighted by molar-refractivity contribution is -0.116. The number of amides is 1. The molecule has 1 aromatic carbocycles. The minimum Gasteiger partial charge on any atom is -0.326 e. The summed E-state index contributed by atoms with van der Waals surface area (Å²) in [5, 5.41) is 3.43. The maximum Gasteiger partial charge on any atom is 0.254 e. The van der Waals surface area contributed by atoms with Crippen molar-refractivity contribution in [1.82, 2.24) is 9.55 Å². The van der Waals surface area contributed by atoms with Crippen molar-refractivity contribution in [3.8, 4) is 0 Å². The van der Waals surface area contributed by atoms with Crippen molar-refractivity contribution in [3.05, 3.63) is 52.4 Å². The molecule has 0 bridgehead atoms. The molecular weight excluding hydrogens is 314 g/mol. The van der Waals surface area contributed by atoms with E-state index in [1.165, 1.54) is 30.9 Å². The zero-order valence-corrected chi connectivity index (χ0v) is 13.3. The van der Waals surface area contributed by atoms with Crippen LogP contribution in [0.2, 0.25) is 0 Å². The molecule has 0 spiro atoms. The third-order valence-electron chi connectivity index (χ3n) is 3.59. The lowest BCUT2D eigenvalue weighted by Crippen LogP contribution is -2.26. The number of nitrogens with zero attached hydrogens (tertiary/aromatic N) is 2. The molecular formula is C16H15N3O3S. The van der Waals surface area contributed by atoms with Gasteiger partial charge in [-0.2, -0.15) is 0 Å². The van der Waals surface area contributed by atoms with Gasteiger partial charge in [0.1, 0.15) is 0 Å². The number of Topliss-reactive ketones (excluding diaryl/α,β-unsaturated/α-hetero) is 1. The average molecular weight is 329 g/mol. The number of nitrogens with one attached hydrogen (secondary N) is 1. The molecule has 0 fully saturated rings. The number of hydrogen-bond acceptors (Lipinski definition) is 5. The number of hydrogen-bond donors (Lipinski definition) is 1. The molecule has 6 nitrogen and oxygen atoms in total. The predicted octanol–water partition coefficient (Wildman–Crippen LogP) is 2.12. The molecule has 1 N–H and O–H groups in total. The smallest absolute Gasteiger partial charge is 0.254 e. The first kappa shape index (κ1) is 15.5. The van der Waals surface area contributed by atoms with E-state index in [2.05, 4.69) is 10.3 Å². The van der Waals surface area contributed by atoms with Gasteiger partial charge in [-0.25, -0.2) is 4.98 Å². The van der Waals surface area contributed by atoms with Gasteiger partial charge in [-0.05, 0) is 19.1 Å². The summed E-state index contributed by atoms with van der Waals surface area (Å²) in [5.41, 5.74) is 0.980. The van der Waals surface area contributed by atoms with Gasteiger partial charge in [0.15, 0.2) is 10.9 Å². The highest BCUT2D eigenvalue weighted by Gasteiger charge is 2.26. The summed E-state index contributed by atoms with van der Waals surface area (Å²) >= 11 is 1.47. The minimum absolute atomic E-state index is 0.0557. The van der Waals surface area contributed by atoms with Gasteiger partial charge in [-0.1, -0.05) is 23.9 Å². The molecule has 1 aliphatic rings. The van der Waals surface area contributed by atoms with E-state index in [9.17, 15) is 14.4 Å². The fourth-order valence-corrected chi connectivity index (χ4v) is 3.60. The third kappa shape index (κ3) is 3.34. The Bertz CT molecular complexity index is 831. The van der Waals surface area contributed by atoms with E-state index in [1.54, 1.807) is 28.8 Å². The Morgan fingerprint density at radius 1 is 1.39 bits per heavy atom. The number of aromatic nitrogens is 2. The van der Waals surface area contributed by atoms with Crippen LogP contribution in [-0.2, 0) is 4.79 Å². The van der Waals surface area contributed by atoms with Crippen LogP contribution < -0.4 is 10.9 Å². The molecule has 0 aliphatic carbocycles. The number of rotatable bonds is 4. The van der Waals surface area contributed by atoms with Crippen LogP contribution in [0.4, 0.5) is 5.69 Å². The van der Waals surface area contributed by atoms with Crippen molar-refractivity contribution in [1.29, 1.82) is 0 Å². The first-order valence-corrected chi connectivity index (χ1v) is 8.14. The van der Waals surface area contributed by atoms with E-state index in [-0.39, 0.29) is 29.7 Å². The second-order valence-electron chi connectivity index (χ2n) is 5.29. The van der Waals surface area contributed by atoms with Gasteiger partial charge in [-0.3, -0.25) is 19.0 Å². The Morgan fingerprint density at radius 2 is 2.22 bits per heavy atom. The maximum absolute atomic E-state index is 12.2. The van der Waals surface area contributed by atoms with Crippen molar-refractivity contribution in [3.63, 3.8) is 0 Å². The summed E-state index contributed by atoms with van der Waals surface area (Å²) in [7, 11) is 0. The predicted molar refractivity (Wildman–Crippen MR) is 88.0 cm³/mol. The van der Waals surface area contributed by atoms with Crippen LogP contribution >= 0.6 is 11.8 Å². The molecule has 0 saturated carbocycles. The summed E-state index contributed by atoms with van der Waals surface area (Å²) in [6.45, 7) is 1.48. The summed E-state index contributed by atoms with van der Waals surface area (Å²) in [5.74, 6) is 0.396. The molecule has 1 atom stereocenters. The van der Waals surface area contributed by atoms with Gasteiger partial charge in [-0.15, -0.1) is 0 Å². The number of fused-ring (bicyclic) bond motifs is 1. The van der Waals surface area contributed by atoms with Gasteiger partial charge < -0.3 is 5.32 Å². The van der Waals surface area contributed by atoms with E-state index < -0.39 is 0 Å². The number of thioether (sulfide) groups is 1. The van der Waals surface area contributed by atoms with Crippen LogP contribution in [0.3, 0.4) is 0 Å². The van der Waals surface area contributed by atoms with Crippen molar-refractivity contribution in [2.75, 3.05) is 11.1 Å².